The average molecular weight is 314 g/mol. The van der Waals surface area contributed by atoms with E-state index in [0.717, 1.165) is 16.2 Å². The fourth-order valence-electron chi connectivity index (χ4n) is 1.71. The number of ether oxygens (including phenoxy) is 1. The summed E-state index contributed by atoms with van der Waals surface area (Å²) in [7, 11) is 0. The maximum atomic E-state index is 6.10. The number of nitrogens with two attached hydrogens (primary N) is 1. The van der Waals surface area contributed by atoms with E-state index in [1.807, 2.05) is 24.5 Å². The maximum absolute atomic E-state index is 6.10. The lowest BCUT2D eigenvalue weighted by molar-refractivity contribution is 0.474. The first-order valence-electron chi connectivity index (χ1n) is 5.64. The van der Waals surface area contributed by atoms with Gasteiger partial charge in [-0.1, -0.05) is 29.3 Å². The van der Waals surface area contributed by atoms with Gasteiger partial charge in [-0.15, -0.1) is 11.8 Å². The van der Waals surface area contributed by atoms with Crippen molar-refractivity contribution in [1.29, 1.82) is 0 Å². The van der Waals surface area contributed by atoms with Crippen LogP contribution in [0.2, 0.25) is 10.0 Å². The molecule has 0 aliphatic heterocycles. The van der Waals surface area contributed by atoms with Gasteiger partial charge < -0.3 is 10.5 Å². The molecule has 2 aromatic carbocycles. The highest BCUT2D eigenvalue weighted by Gasteiger charge is 2.10. The summed E-state index contributed by atoms with van der Waals surface area (Å²) < 4.78 is 5.84. The van der Waals surface area contributed by atoms with Crippen LogP contribution in [0.3, 0.4) is 0 Å². The fraction of sp³-hybridized carbons (Fsp3) is 0.143. The molecule has 2 nitrogen and oxygen atoms in total. The standard InChI is InChI=1S/C14H13Cl2NOS/c1-19-14-4-2-3-12(10(14)8-17)18-13-6-5-9(15)7-11(13)16/h2-7H,8,17H2,1H3. The largest absolute Gasteiger partial charge is 0.455 e. The predicted molar refractivity (Wildman–Crippen MR) is 82.7 cm³/mol. The third-order valence-electron chi connectivity index (χ3n) is 2.63. The van der Waals surface area contributed by atoms with Crippen molar-refractivity contribution < 1.29 is 4.74 Å². The second kappa shape index (κ2) is 6.53. The third kappa shape index (κ3) is 3.37. The summed E-state index contributed by atoms with van der Waals surface area (Å²) in [6.45, 7) is 0.414. The van der Waals surface area contributed by atoms with Gasteiger partial charge in [-0.05, 0) is 36.6 Å². The highest BCUT2D eigenvalue weighted by Crippen LogP contribution is 2.35. The zero-order valence-electron chi connectivity index (χ0n) is 10.3. The van der Waals surface area contributed by atoms with Gasteiger partial charge in [0, 0.05) is 22.0 Å². The van der Waals surface area contributed by atoms with Gasteiger partial charge in [-0.25, -0.2) is 0 Å². The SMILES string of the molecule is CSc1cccc(Oc2ccc(Cl)cc2Cl)c1CN. The number of benzene rings is 2. The number of thioether (sulfide) groups is 1. The number of hydrogen-bond acceptors (Lipinski definition) is 3. The molecule has 2 rings (SSSR count). The first-order chi connectivity index (χ1) is 9.15. The summed E-state index contributed by atoms with van der Waals surface area (Å²) in [5, 5.41) is 1.05. The predicted octanol–water partition coefficient (Wildman–Crippen LogP) is 4.97. The Morgan fingerprint density at radius 1 is 1.16 bits per heavy atom. The van der Waals surface area contributed by atoms with Gasteiger partial charge in [-0.3, -0.25) is 0 Å². The Hall–Kier alpha value is -0.870. The molecule has 0 unspecified atom stereocenters. The Morgan fingerprint density at radius 2 is 1.95 bits per heavy atom. The van der Waals surface area contributed by atoms with Crippen molar-refractivity contribution in [3.05, 3.63) is 52.0 Å². The van der Waals surface area contributed by atoms with E-state index in [4.69, 9.17) is 33.7 Å². The second-order valence-electron chi connectivity index (χ2n) is 3.82. The van der Waals surface area contributed by atoms with Crippen LogP contribution < -0.4 is 10.5 Å². The Bertz CT molecular complexity index is 590. The molecule has 2 N–H and O–H groups in total. The highest BCUT2D eigenvalue weighted by molar-refractivity contribution is 7.98. The molecule has 0 heterocycles. The average Bonchev–Trinajstić information content (AvgIpc) is 2.41. The second-order valence-corrected chi connectivity index (χ2v) is 5.51. The summed E-state index contributed by atoms with van der Waals surface area (Å²) in [6, 6.07) is 11.0. The van der Waals surface area contributed by atoms with E-state index in [-0.39, 0.29) is 0 Å². The van der Waals surface area contributed by atoms with Gasteiger partial charge in [0.2, 0.25) is 0 Å². The molecule has 0 amide bonds. The van der Waals surface area contributed by atoms with Crippen LogP contribution in [0.4, 0.5) is 0 Å². The Morgan fingerprint density at radius 3 is 2.58 bits per heavy atom. The molecular weight excluding hydrogens is 301 g/mol. The molecule has 0 bridgehead atoms. The van der Waals surface area contributed by atoms with Gasteiger partial charge >= 0.3 is 0 Å². The van der Waals surface area contributed by atoms with E-state index >= 15 is 0 Å². The quantitative estimate of drug-likeness (QED) is 0.810. The summed E-state index contributed by atoms with van der Waals surface area (Å²) in [6.07, 6.45) is 2.01. The monoisotopic (exact) mass is 313 g/mol. The normalized spacial score (nSPS) is 10.5. The zero-order chi connectivity index (χ0) is 13.8. The van der Waals surface area contributed by atoms with Crippen molar-refractivity contribution in [3.63, 3.8) is 0 Å². The molecule has 2 aromatic rings. The van der Waals surface area contributed by atoms with Crippen molar-refractivity contribution in [2.75, 3.05) is 6.26 Å². The van der Waals surface area contributed by atoms with Gasteiger partial charge in [0.25, 0.3) is 0 Å². The van der Waals surface area contributed by atoms with Crippen LogP contribution in [-0.4, -0.2) is 6.26 Å². The van der Waals surface area contributed by atoms with Crippen LogP contribution in [-0.2, 0) is 6.54 Å². The molecular formula is C14H13Cl2NOS. The number of hydrogen-bond donors (Lipinski definition) is 1. The molecule has 0 atom stereocenters. The molecule has 5 heteroatoms. The van der Waals surface area contributed by atoms with E-state index < -0.39 is 0 Å². The lowest BCUT2D eigenvalue weighted by atomic mass is 10.2. The van der Waals surface area contributed by atoms with E-state index in [9.17, 15) is 0 Å². The van der Waals surface area contributed by atoms with E-state index in [1.165, 1.54) is 0 Å². The van der Waals surface area contributed by atoms with Crippen LogP contribution in [0.5, 0.6) is 11.5 Å². The number of rotatable bonds is 4. The molecule has 0 saturated carbocycles. The third-order valence-corrected chi connectivity index (χ3v) is 3.98. The van der Waals surface area contributed by atoms with E-state index in [0.29, 0.717) is 22.3 Å². The van der Waals surface area contributed by atoms with Gasteiger partial charge in [0.1, 0.15) is 11.5 Å². The summed E-state index contributed by atoms with van der Waals surface area (Å²) >= 11 is 13.6. The lowest BCUT2D eigenvalue weighted by Gasteiger charge is -2.14. The van der Waals surface area contributed by atoms with Crippen molar-refractivity contribution >= 4 is 35.0 Å². The van der Waals surface area contributed by atoms with Crippen LogP contribution >= 0.6 is 35.0 Å². The minimum Gasteiger partial charge on any atom is -0.455 e. The minimum atomic E-state index is 0.414. The minimum absolute atomic E-state index is 0.414. The smallest absolute Gasteiger partial charge is 0.146 e. The molecule has 0 aliphatic carbocycles. The van der Waals surface area contributed by atoms with Crippen LogP contribution in [0, 0.1) is 0 Å². The van der Waals surface area contributed by atoms with E-state index in [1.54, 1.807) is 30.0 Å². The Balaban J connectivity index is 2.37. The first kappa shape index (κ1) is 14.5. The van der Waals surface area contributed by atoms with Gasteiger partial charge in [-0.2, -0.15) is 0 Å². The lowest BCUT2D eigenvalue weighted by Crippen LogP contribution is -2.01. The molecule has 0 fully saturated rings. The zero-order valence-corrected chi connectivity index (χ0v) is 12.6. The summed E-state index contributed by atoms with van der Waals surface area (Å²) in [5.41, 5.74) is 6.77. The van der Waals surface area contributed by atoms with Gasteiger partial charge in [0.15, 0.2) is 0 Å². The Labute approximate surface area is 126 Å². The topological polar surface area (TPSA) is 35.2 Å². The molecule has 0 saturated heterocycles. The molecule has 19 heavy (non-hydrogen) atoms. The van der Waals surface area contributed by atoms with Crippen LogP contribution in [0.1, 0.15) is 5.56 Å². The molecule has 0 aliphatic rings. The van der Waals surface area contributed by atoms with Crippen molar-refractivity contribution in [2.24, 2.45) is 5.73 Å². The molecule has 0 spiro atoms. The Kier molecular flexibility index (Phi) is 4.99. The summed E-state index contributed by atoms with van der Waals surface area (Å²) in [5.74, 6) is 1.29. The molecule has 100 valence electrons. The van der Waals surface area contributed by atoms with Crippen molar-refractivity contribution in [3.8, 4) is 11.5 Å². The fourth-order valence-corrected chi connectivity index (χ4v) is 2.80. The first-order valence-corrected chi connectivity index (χ1v) is 7.62. The molecule has 0 aromatic heterocycles. The van der Waals surface area contributed by atoms with Crippen LogP contribution in [0.15, 0.2) is 41.3 Å². The molecule has 0 radical (unpaired) electrons. The number of halogens is 2. The van der Waals surface area contributed by atoms with Gasteiger partial charge in [0.05, 0.1) is 5.02 Å². The van der Waals surface area contributed by atoms with Crippen LogP contribution in [0.25, 0.3) is 0 Å². The summed E-state index contributed by atoms with van der Waals surface area (Å²) in [4.78, 5) is 1.10. The van der Waals surface area contributed by atoms with Crippen molar-refractivity contribution in [2.45, 2.75) is 11.4 Å². The highest BCUT2D eigenvalue weighted by atomic mass is 35.5. The van der Waals surface area contributed by atoms with Crippen molar-refractivity contribution in [1.82, 2.24) is 0 Å². The van der Waals surface area contributed by atoms with E-state index in [2.05, 4.69) is 0 Å². The maximum Gasteiger partial charge on any atom is 0.146 e.